The minimum absolute atomic E-state index is 0.0517. The molecule has 0 bridgehead atoms. The molecule has 0 spiro atoms. The number of halogens is 3. The number of anilines is 2. The normalized spacial score (nSPS) is 19.6. The fourth-order valence-electron chi connectivity index (χ4n) is 4.68. The van der Waals surface area contributed by atoms with Crippen molar-refractivity contribution < 1.29 is 32.2 Å². The molecule has 2 aliphatic rings. The van der Waals surface area contributed by atoms with Gasteiger partial charge >= 0.3 is 6.18 Å². The summed E-state index contributed by atoms with van der Waals surface area (Å²) in [6.45, 7) is 0.310. The van der Waals surface area contributed by atoms with Crippen LogP contribution in [-0.4, -0.2) is 80.7 Å². The van der Waals surface area contributed by atoms with Crippen LogP contribution >= 0.6 is 0 Å². The molecule has 1 amide bonds. The Bertz CT molecular complexity index is 1310. The number of aryl methyl sites for hydroxylation is 1. The molecule has 1 saturated carbocycles. The summed E-state index contributed by atoms with van der Waals surface area (Å²) in [5.74, 6) is -0.290. The van der Waals surface area contributed by atoms with Gasteiger partial charge < -0.3 is 19.5 Å². The standard InChI is InChI=1S/C25H29F3N8O4/c1-35-11-15(7-32-35)20-9-30-21(10-29-20)36(22(37)14-38-2)17-5-3-16(4-6-17)33-24-31-8-19(25(26,27)28)23(34-24)40-18-12-39-13-18/h7-11,16-18H,3-6,12-14H2,1-2H3,(H,31,33,34). The van der Waals surface area contributed by atoms with Crippen LogP contribution in [0.25, 0.3) is 11.3 Å². The zero-order valence-electron chi connectivity index (χ0n) is 22.0. The van der Waals surface area contributed by atoms with Crippen LogP contribution in [0, 0.1) is 0 Å². The number of hydrogen-bond acceptors (Lipinski definition) is 10. The molecule has 40 heavy (non-hydrogen) atoms. The Kier molecular flexibility index (Phi) is 8.12. The average molecular weight is 563 g/mol. The smallest absolute Gasteiger partial charge is 0.423 e. The highest BCUT2D eigenvalue weighted by atomic mass is 19.4. The zero-order valence-corrected chi connectivity index (χ0v) is 22.0. The summed E-state index contributed by atoms with van der Waals surface area (Å²) < 4.78 is 57.5. The van der Waals surface area contributed by atoms with Crippen molar-refractivity contribution in [2.45, 2.75) is 50.0 Å². The molecule has 0 atom stereocenters. The van der Waals surface area contributed by atoms with Gasteiger partial charge in [0.2, 0.25) is 11.8 Å². The molecule has 214 valence electrons. The first-order valence-electron chi connectivity index (χ1n) is 12.8. The van der Waals surface area contributed by atoms with Crippen molar-refractivity contribution in [3.05, 3.63) is 36.5 Å². The van der Waals surface area contributed by atoms with Crippen molar-refractivity contribution >= 4 is 17.7 Å². The van der Waals surface area contributed by atoms with E-state index < -0.39 is 23.7 Å². The summed E-state index contributed by atoms with van der Waals surface area (Å²) in [6.07, 6.45) is 4.75. The molecule has 1 aliphatic heterocycles. The van der Waals surface area contributed by atoms with Gasteiger partial charge in [-0.05, 0) is 25.7 Å². The molecule has 3 aromatic heterocycles. The number of rotatable bonds is 9. The van der Waals surface area contributed by atoms with Gasteiger partial charge in [-0.1, -0.05) is 0 Å². The maximum atomic E-state index is 13.4. The minimum atomic E-state index is -4.65. The molecular weight excluding hydrogens is 533 g/mol. The highest BCUT2D eigenvalue weighted by Crippen LogP contribution is 2.36. The molecule has 15 heteroatoms. The maximum Gasteiger partial charge on any atom is 0.423 e. The fraction of sp³-hybridized carbons (Fsp3) is 0.520. The quantitative estimate of drug-likeness (QED) is 0.416. The second kappa shape index (κ2) is 11.7. The number of nitrogens with one attached hydrogen (secondary N) is 1. The van der Waals surface area contributed by atoms with Gasteiger partial charge in [0.25, 0.3) is 5.91 Å². The Morgan fingerprint density at radius 2 is 1.90 bits per heavy atom. The van der Waals surface area contributed by atoms with Crippen molar-refractivity contribution in [1.29, 1.82) is 0 Å². The van der Waals surface area contributed by atoms with E-state index in [1.165, 1.54) is 7.11 Å². The highest BCUT2D eigenvalue weighted by Gasteiger charge is 2.38. The summed E-state index contributed by atoms with van der Waals surface area (Å²) in [4.78, 5) is 31.5. The summed E-state index contributed by atoms with van der Waals surface area (Å²) >= 11 is 0. The first-order chi connectivity index (χ1) is 19.2. The van der Waals surface area contributed by atoms with Crippen molar-refractivity contribution in [3.63, 3.8) is 0 Å². The zero-order chi connectivity index (χ0) is 28.3. The van der Waals surface area contributed by atoms with Gasteiger partial charge in [0.05, 0.1) is 37.5 Å². The predicted molar refractivity (Wildman–Crippen MR) is 136 cm³/mol. The minimum Gasteiger partial charge on any atom is -0.469 e. The van der Waals surface area contributed by atoms with Gasteiger partial charge in [0.1, 0.15) is 18.3 Å². The van der Waals surface area contributed by atoms with Crippen molar-refractivity contribution in [1.82, 2.24) is 29.7 Å². The van der Waals surface area contributed by atoms with E-state index in [1.807, 2.05) is 13.2 Å². The maximum absolute atomic E-state index is 13.4. The van der Waals surface area contributed by atoms with E-state index in [2.05, 4.69) is 30.4 Å². The van der Waals surface area contributed by atoms with Crippen LogP contribution in [0.3, 0.4) is 0 Å². The van der Waals surface area contributed by atoms with E-state index in [1.54, 1.807) is 28.2 Å². The molecule has 1 aliphatic carbocycles. The Labute approximate surface area is 227 Å². The van der Waals surface area contributed by atoms with Gasteiger partial charge in [0.15, 0.2) is 5.82 Å². The monoisotopic (exact) mass is 562 g/mol. The van der Waals surface area contributed by atoms with E-state index in [0.717, 1.165) is 11.8 Å². The summed E-state index contributed by atoms with van der Waals surface area (Å²) in [6, 6.07) is -0.267. The summed E-state index contributed by atoms with van der Waals surface area (Å²) in [7, 11) is 3.26. The first kappa shape index (κ1) is 27.7. The number of alkyl halides is 3. The lowest BCUT2D eigenvalue weighted by atomic mass is 9.90. The van der Waals surface area contributed by atoms with E-state index in [9.17, 15) is 18.0 Å². The van der Waals surface area contributed by atoms with Gasteiger partial charge in [-0.15, -0.1) is 0 Å². The van der Waals surface area contributed by atoms with Crippen LogP contribution in [0.4, 0.5) is 24.9 Å². The molecule has 12 nitrogen and oxygen atoms in total. The first-order valence-corrected chi connectivity index (χ1v) is 12.8. The topological polar surface area (TPSA) is 129 Å². The molecule has 1 saturated heterocycles. The molecule has 0 aromatic carbocycles. The number of amides is 1. The lowest BCUT2D eigenvalue weighted by Crippen LogP contribution is -2.46. The third-order valence-electron chi connectivity index (χ3n) is 6.76. The third kappa shape index (κ3) is 6.31. The number of carbonyl (C=O) groups excluding carboxylic acids is 1. The van der Waals surface area contributed by atoms with E-state index in [-0.39, 0.29) is 43.8 Å². The van der Waals surface area contributed by atoms with Crippen LogP contribution in [0.2, 0.25) is 0 Å². The van der Waals surface area contributed by atoms with Gasteiger partial charge in [0, 0.05) is 44.2 Å². The number of hydrogen-bond donors (Lipinski definition) is 1. The van der Waals surface area contributed by atoms with Gasteiger partial charge in [-0.3, -0.25) is 19.4 Å². The van der Waals surface area contributed by atoms with Crippen LogP contribution in [0.5, 0.6) is 5.88 Å². The Morgan fingerprint density at radius 1 is 1.12 bits per heavy atom. The molecule has 3 aromatic rings. The number of methoxy groups -OCH3 is 1. The lowest BCUT2D eigenvalue weighted by molar-refractivity contribution is -0.142. The SMILES string of the molecule is COCC(=O)N(c1cnc(-c2cnn(C)c2)cn1)C1CCC(Nc2ncc(C(F)(F)F)c(OC3COC3)n2)CC1. The van der Waals surface area contributed by atoms with Gasteiger partial charge in [-0.25, -0.2) is 9.97 Å². The summed E-state index contributed by atoms with van der Waals surface area (Å²) in [5, 5.41) is 7.27. The highest BCUT2D eigenvalue weighted by molar-refractivity contribution is 5.94. The Morgan fingerprint density at radius 3 is 2.48 bits per heavy atom. The second-order valence-electron chi connectivity index (χ2n) is 9.70. The predicted octanol–water partition coefficient (Wildman–Crippen LogP) is 2.87. The summed E-state index contributed by atoms with van der Waals surface area (Å²) in [5.41, 5.74) is 0.410. The lowest BCUT2D eigenvalue weighted by Gasteiger charge is -2.36. The average Bonchev–Trinajstić information content (AvgIpc) is 3.34. The fourth-order valence-corrected chi connectivity index (χ4v) is 4.68. The molecule has 0 radical (unpaired) electrons. The largest absolute Gasteiger partial charge is 0.469 e. The van der Waals surface area contributed by atoms with Crippen molar-refractivity contribution in [2.75, 3.05) is 37.1 Å². The van der Waals surface area contributed by atoms with E-state index >= 15 is 0 Å². The van der Waals surface area contributed by atoms with Crippen LogP contribution in [0.1, 0.15) is 31.2 Å². The van der Waals surface area contributed by atoms with Crippen molar-refractivity contribution in [3.8, 4) is 17.1 Å². The molecule has 2 fully saturated rings. The molecule has 5 rings (SSSR count). The van der Waals surface area contributed by atoms with Crippen LogP contribution in [0.15, 0.2) is 31.0 Å². The van der Waals surface area contributed by atoms with Crippen molar-refractivity contribution in [2.24, 2.45) is 7.05 Å². The van der Waals surface area contributed by atoms with E-state index in [4.69, 9.17) is 14.2 Å². The Balaban J connectivity index is 1.26. The van der Waals surface area contributed by atoms with Gasteiger partial charge in [-0.2, -0.15) is 23.3 Å². The number of nitrogens with zero attached hydrogens (tertiary/aromatic N) is 7. The third-order valence-corrected chi connectivity index (χ3v) is 6.76. The molecule has 4 heterocycles. The number of ether oxygens (including phenoxy) is 3. The van der Waals surface area contributed by atoms with E-state index in [0.29, 0.717) is 37.2 Å². The Hall–Kier alpha value is -3.85. The van der Waals surface area contributed by atoms with Crippen LogP contribution < -0.4 is 15.0 Å². The van der Waals surface area contributed by atoms with Crippen LogP contribution in [-0.2, 0) is 27.5 Å². The molecule has 1 N–H and O–H groups in total. The number of carbonyl (C=O) groups is 1. The molecule has 0 unspecified atom stereocenters. The second-order valence-corrected chi connectivity index (χ2v) is 9.70. The number of aromatic nitrogens is 6. The molecular formula is C25H29F3N8O4.